The number of amides is 3. The first-order valence-corrected chi connectivity index (χ1v) is 12.0. The van der Waals surface area contributed by atoms with Gasteiger partial charge in [-0.05, 0) is 53.8 Å². The third-order valence-electron chi connectivity index (χ3n) is 6.14. The Kier molecular flexibility index (Phi) is 8.57. The van der Waals surface area contributed by atoms with Crippen molar-refractivity contribution in [3.8, 4) is 11.5 Å². The van der Waals surface area contributed by atoms with E-state index in [9.17, 15) is 19.2 Å². The first-order valence-electron chi connectivity index (χ1n) is 12.0. The van der Waals surface area contributed by atoms with Gasteiger partial charge in [0.15, 0.2) is 11.5 Å². The molecule has 0 aliphatic carbocycles. The van der Waals surface area contributed by atoms with Gasteiger partial charge in [0.2, 0.25) is 11.8 Å². The van der Waals surface area contributed by atoms with Gasteiger partial charge in [-0.1, -0.05) is 26.8 Å². The highest BCUT2D eigenvalue weighted by molar-refractivity contribution is 6.23. The van der Waals surface area contributed by atoms with Crippen LogP contribution in [-0.2, 0) is 25.5 Å². The van der Waals surface area contributed by atoms with Gasteiger partial charge in [0.1, 0.15) is 6.04 Å². The molecule has 1 heterocycles. The molecule has 1 atom stereocenters. The number of anilines is 1. The Morgan fingerprint density at radius 1 is 0.973 bits per heavy atom. The van der Waals surface area contributed by atoms with Gasteiger partial charge in [0.25, 0.3) is 5.91 Å². The van der Waals surface area contributed by atoms with E-state index >= 15 is 0 Å². The summed E-state index contributed by atoms with van der Waals surface area (Å²) in [6.45, 7) is 6.11. The number of benzene rings is 2. The molecule has 0 aromatic heterocycles. The number of methoxy groups -OCH3 is 3. The van der Waals surface area contributed by atoms with Crippen molar-refractivity contribution < 1.29 is 33.4 Å². The molecule has 1 fully saturated rings. The van der Waals surface area contributed by atoms with E-state index in [0.29, 0.717) is 29.2 Å². The third kappa shape index (κ3) is 6.47. The van der Waals surface area contributed by atoms with E-state index in [4.69, 9.17) is 14.2 Å². The number of hydrogen-bond donors (Lipinski definition) is 0. The quantitative estimate of drug-likeness (QED) is 0.375. The average molecular weight is 511 g/mol. The molecule has 198 valence electrons. The fourth-order valence-electron chi connectivity index (χ4n) is 4.29. The Morgan fingerprint density at radius 2 is 1.62 bits per heavy atom. The maximum Gasteiger partial charge on any atom is 0.337 e. The molecule has 2 aromatic carbocycles. The van der Waals surface area contributed by atoms with Crippen LogP contribution in [0.5, 0.6) is 11.5 Å². The third-order valence-corrected chi connectivity index (χ3v) is 6.14. The summed E-state index contributed by atoms with van der Waals surface area (Å²) in [5.41, 5.74) is 1.25. The van der Waals surface area contributed by atoms with Crippen molar-refractivity contribution in [2.45, 2.75) is 46.1 Å². The minimum absolute atomic E-state index is 0.112. The fourth-order valence-corrected chi connectivity index (χ4v) is 4.29. The van der Waals surface area contributed by atoms with Crippen molar-refractivity contribution in [2.75, 3.05) is 32.8 Å². The molecular formula is C28H34N2O7. The normalized spacial score (nSPS) is 15.5. The van der Waals surface area contributed by atoms with Gasteiger partial charge in [0, 0.05) is 13.0 Å². The molecule has 0 saturated carbocycles. The summed E-state index contributed by atoms with van der Waals surface area (Å²) < 4.78 is 15.4. The minimum Gasteiger partial charge on any atom is -0.493 e. The van der Waals surface area contributed by atoms with Crippen LogP contribution in [0.3, 0.4) is 0 Å². The van der Waals surface area contributed by atoms with E-state index < -0.39 is 23.8 Å². The van der Waals surface area contributed by atoms with Crippen LogP contribution < -0.4 is 14.4 Å². The first kappa shape index (κ1) is 27.7. The van der Waals surface area contributed by atoms with Crippen molar-refractivity contribution >= 4 is 29.4 Å². The molecule has 9 heteroatoms. The molecule has 2 aromatic rings. The van der Waals surface area contributed by atoms with Crippen molar-refractivity contribution in [1.29, 1.82) is 0 Å². The molecule has 1 aliphatic heterocycles. The summed E-state index contributed by atoms with van der Waals surface area (Å²) in [5, 5.41) is 0. The van der Waals surface area contributed by atoms with Crippen LogP contribution in [0.15, 0.2) is 42.5 Å². The predicted molar refractivity (Wildman–Crippen MR) is 138 cm³/mol. The lowest BCUT2D eigenvalue weighted by Gasteiger charge is -2.30. The number of hydrogen-bond acceptors (Lipinski definition) is 7. The Hall–Kier alpha value is -3.88. The molecule has 3 amide bonds. The van der Waals surface area contributed by atoms with Gasteiger partial charge < -0.3 is 19.1 Å². The van der Waals surface area contributed by atoms with Crippen LogP contribution in [0.1, 0.15) is 49.5 Å². The molecule has 0 bridgehead atoms. The van der Waals surface area contributed by atoms with Gasteiger partial charge in [-0.15, -0.1) is 0 Å². The van der Waals surface area contributed by atoms with Gasteiger partial charge in [0.05, 0.1) is 39.0 Å². The van der Waals surface area contributed by atoms with Crippen LogP contribution in [0, 0.1) is 5.41 Å². The summed E-state index contributed by atoms with van der Waals surface area (Å²) in [4.78, 5) is 54.2. The van der Waals surface area contributed by atoms with Gasteiger partial charge >= 0.3 is 5.97 Å². The topological polar surface area (TPSA) is 102 Å². The van der Waals surface area contributed by atoms with E-state index in [1.807, 2.05) is 32.9 Å². The number of rotatable bonds is 9. The largest absolute Gasteiger partial charge is 0.493 e. The first-order chi connectivity index (χ1) is 17.5. The van der Waals surface area contributed by atoms with Gasteiger partial charge in [-0.3, -0.25) is 14.4 Å². The molecule has 0 N–H and O–H groups in total. The van der Waals surface area contributed by atoms with E-state index in [-0.39, 0.29) is 30.7 Å². The highest BCUT2D eigenvalue weighted by Gasteiger charge is 2.44. The lowest BCUT2D eigenvalue weighted by Crippen LogP contribution is -2.47. The smallest absolute Gasteiger partial charge is 0.337 e. The second kappa shape index (κ2) is 11.5. The van der Waals surface area contributed by atoms with Crippen LogP contribution in [-0.4, -0.2) is 62.5 Å². The van der Waals surface area contributed by atoms with Gasteiger partial charge in [-0.2, -0.15) is 0 Å². The molecule has 0 spiro atoms. The van der Waals surface area contributed by atoms with E-state index in [2.05, 4.69) is 0 Å². The fraction of sp³-hybridized carbons (Fsp3) is 0.429. The summed E-state index contributed by atoms with van der Waals surface area (Å²) in [6, 6.07) is 10.6. The number of carbonyl (C=O) groups is 4. The Bertz CT molecular complexity index is 1170. The van der Waals surface area contributed by atoms with Gasteiger partial charge in [-0.25, -0.2) is 9.69 Å². The number of imide groups is 1. The molecule has 0 radical (unpaired) electrons. The Balaban J connectivity index is 1.86. The van der Waals surface area contributed by atoms with Crippen molar-refractivity contribution in [3.63, 3.8) is 0 Å². The Morgan fingerprint density at radius 3 is 2.19 bits per heavy atom. The van der Waals surface area contributed by atoms with Crippen LogP contribution in [0.4, 0.5) is 5.69 Å². The number of esters is 1. The lowest BCUT2D eigenvalue weighted by atomic mass is 9.91. The SMILES string of the molecule is COC(=O)c1ccc(N2C(=O)CC(N(CCc3ccc(OC)c(OC)c3)C(=O)CC(C)(C)C)C2=O)cc1. The zero-order valence-electron chi connectivity index (χ0n) is 22.2. The summed E-state index contributed by atoms with van der Waals surface area (Å²) in [7, 11) is 4.39. The summed E-state index contributed by atoms with van der Waals surface area (Å²) >= 11 is 0. The second-order valence-electron chi connectivity index (χ2n) is 10.1. The van der Waals surface area contributed by atoms with Crippen LogP contribution in [0.2, 0.25) is 0 Å². The zero-order chi connectivity index (χ0) is 27.3. The maximum absolute atomic E-state index is 13.5. The highest BCUT2D eigenvalue weighted by Crippen LogP contribution is 2.30. The number of ether oxygens (including phenoxy) is 3. The lowest BCUT2D eigenvalue weighted by molar-refractivity contribution is -0.139. The van der Waals surface area contributed by atoms with Crippen molar-refractivity contribution in [3.05, 3.63) is 53.6 Å². The molecule has 1 saturated heterocycles. The van der Waals surface area contributed by atoms with E-state index in [1.54, 1.807) is 20.3 Å². The zero-order valence-corrected chi connectivity index (χ0v) is 22.2. The van der Waals surface area contributed by atoms with Crippen molar-refractivity contribution in [1.82, 2.24) is 4.90 Å². The molecule has 1 unspecified atom stereocenters. The summed E-state index contributed by atoms with van der Waals surface area (Å²) in [5.74, 6) is -0.413. The minimum atomic E-state index is -0.914. The number of carbonyl (C=O) groups excluding carboxylic acids is 4. The van der Waals surface area contributed by atoms with E-state index in [0.717, 1.165) is 10.5 Å². The monoisotopic (exact) mass is 510 g/mol. The van der Waals surface area contributed by atoms with Crippen LogP contribution >= 0.6 is 0 Å². The number of nitrogens with zero attached hydrogens (tertiary/aromatic N) is 2. The molecular weight excluding hydrogens is 476 g/mol. The summed E-state index contributed by atoms with van der Waals surface area (Å²) in [6.07, 6.45) is 0.576. The predicted octanol–water partition coefficient (Wildman–Crippen LogP) is 3.63. The molecule has 3 rings (SSSR count). The molecule has 37 heavy (non-hydrogen) atoms. The second-order valence-corrected chi connectivity index (χ2v) is 10.1. The Labute approximate surface area is 217 Å². The van der Waals surface area contributed by atoms with Crippen molar-refractivity contribution in [2.24, 2.45) is 5.41 Å². The average Bonchev–Trinajstić information content (AvgIpc) is 3.15. The standard InChI is InChI=1S/C28H34N2O7/c1-28(2,3)17-25(32)29(14-13-18-7-12-22(35-4)23(15-18)36-5)21-16-24(31)30(26(21)33)20-10-8-19(9-11-20)27(34)37-6/h7-12,15,21H,13-14,16-17H2,1-6H3. The van der Waals surface area contributed by atoms with E-state index in [1.165, 1.54) is 36.3 Å². The molecule has 1 aliphatic rings. The highest BCUT2D eigenvalue weighted by atomic mass is 16.5. The molecule has 9 nitrogen and oxygen atoms in total. The van der Waals surface area contributed by atoms with Crippen LogP contribution in [0.25, 0.3) is 0 Å². The maximum atomic E-state index is 13.5.